The largest absolute Gasteiger partial charge is 0.467 e. The van der Waals surface area contributed by atoms with E-state index in [9.17, 15) is 9.59 Å². The lowest BCUT2D eigenvalue weighted by atomic mass is 10.3. The fraction of sp³-hybridized carbons (Fsp3) is 0.500. The van der Waals surface area contributed by atoms with Crippen LogP contribution in [0.3, 0.4) is 0 Å². The predicted molar refractivity (Wildman–Crippen MR) is 42.3 cm³/mol. The molecule has 0 aromatic rings. The molecule has 1 unspecified atom stereocenters. The highest BCUT2D eigenvalue weighted by Crippen LogP contribution is 2.10. The minimum Gasteiger partial charge on any atom is -0.467 e. The highest BCUT2D eigenvalue weighted by molar-refractivity contribution is 5.85. The highest BCUT2D eigenvalue weighted by atomic mass is 16.5. The van der Waals surface area contributed by atoms with Crippen LogP contribution in [0.1, 0.15) is 6.92 Å². The Kier molecular flexibility index (Phi) is 2.47. The first-order valence-corrected chi connectivity index (χ1v) is 3.68. The summed E-state index contributed by atoms with van der Waals surface area (Å²) in [5.41, 5.74) is 0. The second-order valence-electron chi connectivity index (χ2n) is 2.57. The number of rotatable bonds is 1. The number of ether oxygens (including phenoxy) is 1. The number of hydrogen-bond acceptors (Lipinski definition) is 3. The van der Waals surface area contributed by atoms with Gasteiger partial charge in [-0.2, -0.15) is 0 Å². The fourth-order valence-electron chi connectivity index (χ4n) is 1.17. The summed E-state index contributed by atoms with van der Waals surface area (Å²) in [7, 11) is 1.31. The molecule has 66 valence electrons. The van der Waals surface area contributed by atoms with E-state index in [-0.39, 0.29) is 11.9 Å². The topological polar surface area (TPSA) is 46.6 Å². The first-order valence-electron chi connectivity index (χ1n) is 3.68. The van der Waals surface area contributed by atoms with Gasteiger partial charge in [0.1, 0.15) is 6.04 Å². The molecule has 4 nitrogen and oxygen atoms in total. The van der Waals surface area contributed by atoms with Gasteiger partial charge in [0.15, 0.2) is 0 Å². The summed E-state index contributed by atoms with van der Waals surface area (Å²) in [5, 5.41) is 0. The third kappa shape index (κ3) is 1.47. The van der Waals surface area contributed by atoms with Crippen LogP contribution in [0.4, 0.5) is 0 Å². The molecule has 0 aromatic heterocycles. The Hall–Kier alpha value is -1.32. The van der Waals surface area contributed by atoms with E-state index < -0.39 is 6.04 Å². The Bertz CT molecular complexity index is 234. The Morgan fingerprint density at radius 1 is 1.58 bits per heavy atom. The number of methoxy groups -OCH3 is 1. The van der Waals surface area contributed by atoms with Crippen LogP contribution >= 0.6 is 0 Å². The molecule has 1 atom stereocenters. The van der Waals surface area contributed by atoms with Crippen molar-refractivity contribution in [2.45, 2.75) is 13.0 Å². The second kappa shape index (κ2) is 3.38. The molecule has 0 bridgehead atoms. The molecule has 0 N–H and O–H groups in total. The van der Waals surface area contributed by atoms with Crippen molar-refractivity contribution < 1.29 is 14.3 Å². The van der Waals surface area contributed by atoms with E-state index >= 15 is 0 Å². The van der Waals surface area contributed by atoms with E-state index in [1.807, 2.05) is 0 Å². The molecule has 0 radical (unpaired) electrons. The Balaban J connectivity index is 2.69. The van der Waals surface area contributed by atoms with Crippen molar-refractivity contribution in [3.63, 3.8) is 0 Å². The number of hydrogen-bond donors (Lipinski definition) is 0. The molecule has 0 saturated heterocycles. The maximum absolute atomic E-state index is 11.1. The number of nitrogens with zero attached hydrogens (tertiary/aromatic N) is 1. The van der Waals surface area contributed by atoms with Crippen LogP contribution in [0.15, 0.2) is 12.2 Å². The van der Waals surface area contributed by atoms with Crippen molar-refractivity contribution in [1.29, 1.82) is 0 Å². The van der Waals surface area contributed by atoms with Crippen molar-refractivity contribution in [1.82, 2.24) is 4.90 Å². The molecular formula is C8H11NO3. The highest BCUT2D eigenvalue weighted by Gasteiger charge is 2.28. The maximum Gasteiger partial charge on any atom is 0.332 e. The van der Waals surface area contributed by atoms with Gasteiger partial charge in [-0.05, 0) is 0 Å². The predicted octanol–water partition coefficient (Wildman–Crippen LogP) is -0.0537. The summed E-state index contributed by atoms with van der Waals surface area (Å²) in [6.45, 7) is 1.93. The molecule has 0 aromatic carbocycles. The molecule has 12 heavy (non-hydrogen) atoms. The molecule has 0 saturated carbocycles. The zero-order chi connectivity index (χ0) is 9.14. The third-order valence-electron chi connectivity index (χ3n) is 1.80. The van der Waals surface area contributed by atoms with Gasteiger partial charge in [0, 0.05) is 13.5 Å². The molecule has 1 aliphatic heterocycles. The van der Waals surface area contributed by atoms with Crippen LogP contribution in [0.25, 0.3) is 0 Å². The third-order valence-corrected chi connectivity index (χ3v) is 1.80. The zero-order valence-corrected chi connectivity index (χ0v) is 7.11. The summed E-state index contributed by atoms with van der Waals surface area (Å²) in [6, 6.07) is -0.521. The summed E-state index contributed by atoms with van der Waals surface area (Å²) < 4.78 is 4.53. The molecule has 1 aliphatic rings. The van der Waals surface area contributed by atoms with Gasteiger partial charge in [-0.25, -0.2) is 4.79 Å². The Labute approximate surface area is 70.8 Å². The van der Waals surface area contributed by atoms with Gasteiger partial charge in [-0.1, -0.05) is 12.2 Å². The van der Waals surface area contributed by atoms with E-state index in [4.69, 9.17) is 0 Å². The SMILES string of the molecule is COC(=O)C1C=CCN1C(C)=O. The van der Waals surface area contributed by atoms with E-state index in [1.54, 1.807) is 12.2 Å². The van der Waals surface area contributed by atoms with Crippen LogP contribution in [0, 0.1) is 0 Å². The molecule has 0 aliphatic carbocycles. The lowest BCUT2D eigenvalue weighted by Crippen LogP contribution is -2.40. The molecule has 1 heterocycles. The van der Waals surface area contributed by atoms with Crippen LogP contribution in [-0.2, 0) is 14.3 Å². The Morgan fingerprint density at radius 2 is 2.25 bits per heavy atom. The minimum atomic E-state index is -0.521. The molecule has 1 rings (SSSR count). The number of esters is 1. The molecule has 0 spiro atoms. The van der Waals surface area contributed by atoms with Crippen molar-refractivity contribution in [3.05, 3.63) is 12.2 Å². The van der Waals surface area contributed by atoms with E-state index in [0.29, 0.717) is 6.54 Å². The average molecular weight is 169 g/mol. The van der Waals surface area contributed by atoms with Crippen LogP contribution in [-0.4, -0.2) is 36.5 Å². The van der Waals surface area contributed by atoms with E-state index in [2.05, 4.69) is 4.74 Å². The van der Waals surface area contributed by atoms with Gasteiger partial charge in [0.05, 0.1) is 7.11 Å². The first kappa shape index (κ1) is 8.77. The van der Waals surface area contributed by atoms with Crippen LogP contribution < -0.4 is 0 Å². The van der Waals surface area contributed by atoms with Crippen molar-refractivity contribution in [2.24, 2.45) is 0 Å². The standard InChI is InChI=1S/C8H11NO3/c1-6(10)9-5-3-4-7(9)8(11)12-2/h3-4,7H,5H2,1-2H3. The lowest BCUT2D eigenvalue weighted by Gasteiger charge is -2.20. The van der Waals surface area contributed by atoms with Gasteiger partial charge >= 0.3 is 5.97 Å². The lowest BCUT2D eigenvalue weighted by molar-refractivity contribution is -0.149. The maximum atomic E-state index is 11.1. The molecule has 1 amide bonds. The second-order valence-corrected chi connectivity index (χ2v) is 2.57. The zero-order valence-electron chi connectivity index (χ0n) is 7.11. The van der Waals surface area contributed by atoms with Crippen LogP contribution in [0.2, 0.25) is 0 Å². The van der Waals surface area contributed by atoms with Crippen molar-refractivity contribution in [3.8, 4) is 0 Å². The summed E-state index contributed by atoms with van der Waals surface area (Å²) in [5.74, 6) is -0.505. The van der Waals surface area contributed by atoms with Crippen LogP contribution in [0.5, 0.6) is 0 Å². The number of carbonyl (C=O) groups excluding carboxylic acids is 2. The monoisotopic (exact) mass is 169 g/mol. The first-order chi connectivity index (χ1) is 5.66. The summed E-state index contributed by atoms with van der Waals surface area (Å²) in [6.07, 6.45) is 3.45. The van der Waals surface area contributed by atoms with Gasteiger partial charge in [0.25, 0.3) is 0 Å². The van der Waals surface area contributed by atoms with E-state index in [1.165, 1.54) is 18.9 Å². The van der Waals surface area contributed by atoms with Gasteiger partial charge in [0.2, 0.25) is 5.91 Å². The van der Waals surface area contributed by atoms with Gasteiger partial charge in [-0.3, -0.25) is 4.79 Å². The smallest absolute Gasteiger partial charge is 0.332 e. The minimum absolute atomic E-state index is 0.115. The molecular weight excluding hydrogens is 158 g/mol. The van der Waals surface area contributed by atoms with Gasteiger partial charge in [-0.15, -0.1) is 0 Å². The van der Waals surface area contributed by atoms with Crippen molar-refractivity contribution >= 4 is 11.9 Å². The normalized spacial score (nSPS) is 21.2. The Morgan fingerprint density at radius 3 is 2.75 bits per heavy atom. The average Bonchev–Trinajstić information content (AvgIpc) is 2.50. The van der Waals surface area contributed by atoms with Crippen molar-refractivity contribution in [2.75, 3.05) is 13.7 Å². The van der Waals surface area contributed by atoms with Gasteiger partial charge < -0.3 is 9.64 Å². The quantitative estimate of drug-likeness (QED) is 0.408. The van der Waals surface area contributed by atoms with E-state index in [0.717, 1.165) is 0 Å². The number of carbonyl (C=O) groups is 2. The fourth-order valence-corrected chi connectivity index (χ4v) is 1.17. The summed E-state index contributed by atoms with van der Waals surface area (Å²) in [4.78, 5) is 23.5. The molecule has 4 heteroatoms. The number of amides is 1. The molecule has 0 fully saturated rings. The summed E-state index contributed by atoms with van der Waals surface area (Å²) >= 11 is 0.